The van der Waals surface area contributed by atoms with Crippen molar-refractivity contribution in [1.29, 1.82) is 0 Å². The Bertz CT molecular complexity index is 730. The zero-order chi connectivity index (χ0) is 13.9. The van der Waals surface area contributed by atoms with Gasteiger partial charge in [-0.05, 0) is 48.7 Å². The average molecular weight is 259 g/mol. The van der Waals surface area contributed by atoms with Crippen LogP contribution in [0.2, 0.25) is 0 Å². The quantitative estimate of drug-likeness (QED) is 0.628. The molecule has 0 radical (unpaired) electrons. The van der Waals surface area contributed by atoms with Crippen LogP contribution in [0.25, 0.3) is 22.4 Å². The smallest absolute Gasteiger partial charge is 0.0704 e. The van der Waals surface area contributed by atoms with Crippen LogP contribution in [0.1, 0.15) is 11.1 Å². The predicted octanol–water partition coefficient (Wildman–Crippen LogP) is 5.03. The van der Waals surface area contributed by atoms with E-state index >= 15 is 0 Å². The molecule has 0 aliphatic heterocycles. The fraction of sp³-hybridized carbons (Fsp3) is 0.105. The summed E-state index contributed by atoms with van der Waals surface area (Å²) in [6.45, 7) is 4.25. The molecule has 0 aliphatic rings. The van der Waals surface area contributed by atoms with E-state index in [9.17, 15) is 0 Å². The highest BCUT2D eigenvalue weighted by atomic mass is 14.7. The van der Waals surface area contributed by atoms with Crippen LogP contribution >= 0.6 is 0 Å². The zero-order valence-corrected chi connectivity index (χ0v) is 11.8. The number of benzene rings is 2. The largest absolute Gasteiger partial charge is 0.256 e. The van der Waals surface area contributed by atoms with Gasteiger partial charge in [0.25, 0.3) is 0 Å². The van der Waals surface area contributed by atoms with Gasteiger partial charge in [-0.1, -0.05) is 48.0 Å². The van der Waals surface area contributed by atoms with E-state index in [0.29, 0.717) is 0 Å². The van der Waals surface area contributed by atoms with Crippen molar-refractivity contribution >= 4 is 0 Å². The van der Waals surface area contributed by atoms with Crippen LogP contribution in [-0.4, -0.2) is 4.98 Å². The molecule has 0 saturated heterocycles. The summed E-state index contributed by atoms with van der Waals surface area (Å²) in [5.74, 6) is 0. The molecule has 3 rings (SSSR count). The van der Waals surface area contributed by atoms with Gasteiger partial charge < -0.3 is 0 Å². The Morgan fingerprint density at radius 3 is 2.35 bits per heavy atom. The summed E-state index contributed by atoms with van der Waals surface area (Å²) >= 11 is 0. The van der Waals surface area contributed by atoms with Gasteiger partial charge in [0.15, 0.2) is 0 Å². The van der Waals surface area contributed by atoms with E-state index in [1.54, 1.807) is 0 Å². The number of aryl methyl sites for hydroxylation is 2. The van der Waals surface area contributed by atoms with Crippen LogP contribution in [0, 0.1) is 13.8 Å². The molecule has 3 aromatic rings. The Hall–Kier alpha value is -2.41. The van der Waals surface area contributed by atoms with E-state index in [1.165, 1.54) is 27.8 Å². The van der Waals surface area contributed by atoms with E-state index in [2.05, 4.69) is 67.4 Å². The third-order valence-corrected chi connectivity index (χ3v) is 3.53. The molecule has 2 aromatic carbocycles. The first-order valence-corrected chi connectivity index (χ1v) is 6.83. The maximum absolute atomic E-state index is 4.46. The predicted molar refractivity (Wildman–Crippen MR) is 84.6 cm³/mol. The van der Waals surface area contributed by atoms with E-state index in [4.69, 9.17) is 0 Å². The van der Waals surface area contributed by atoms with Crippen LogP contribution in [-0.2, 0) is 0 Å². The molecule has 20 heavy (non-hydrogen) atoms. The second-order valence-corrected chi connectivity index (χ2v) is 5.11. The first kappa shape index (κ1) is 12.6. The maximum Gasteiger partial charge on any atom is 0.0704 e. The molecule has 0 saturated carbocycles. The van der Waals surface area contributed by atoms with Crippen molar-refractivity contribution in [2.45, 2.75) is 13.8 Å². The van der Waals surface area contributed by atoms with Crippen molar-refractivity contribution in [3.63, 3.8) is 0 Å². The molecular formula is C19H17N. The lowest BCUT2D eigenvalue weighted by molar-refractivity contribution is 1.31. The van der Waals surface area contributed by atoms with Gasteiger partial charge >= 0.3 is 0 Å². The van der Waals surface area contributed by atoms with Gasteiger partial charge in [0.05, 0.1) is 5.69 Å². The molecule has 0 unspecified atom stereocenters. The van der Waals surface area contributed by atoms with Crippen molar-refractivity contribution < 1.29 is 0 Å². The standard InChI is InChI=1S/C19H17N/c1-14-6-5-7-16(12-14)17-10-9-15(2)18(13-17)19-8-3-4-11-20-19/h3-13H,1-2H3. The fourth-order valence-corrected chi connectivity index (χ4v) is 2.42. The van der Waals surface area contributed by atoms with E-state index in [0.717, 1.165) is 5.69 Å². The molecule has 0 fully saturated rings. The Morgan fingerprint density at radius 2 is 1.60 bits per heavy atom. The zero-order valence-electron chi connectivity index (χ0n) is 11.8. The van der Waals surface area contributed by atoms with Crippen LogP contribution < -0.4 is 0 Å². The number of hydrogen-bond donors (Lipinski definition) is 0. The van der Waals surface area contributed by atoms with Crippen LogP contribution in [0.5, 0.6) is 0 Å². The van der Waals surface area contributed by atoms with Crippen molar-refractivity contribution in [3.05, 3.63) is 78.0 Å². The van der Waals surface area contributed by atoms with Crippen LogP contribution in [0.15, 0.2) is 66.9 Å². The lowest BCUT2D eigenvalue weighted by Gasteiger charge is -2.09. The van der Waals surface area contributed by atoms with Gasteiger partial charge in [-0.25, -0.2) is 0 Å². The average Bonchev–Trinajstić information content (AvgIpc) is 2.48. The maximum atomic E-state index is 4.46. The van der Waals surface area contributed by atoms with Crippen LogP contribution in [0.3, 0.4) is 0 Å². The second-order valence-electron chi connectivity index (χ2n) is 5.11. The molecule has 0 N–H and O–H groups in total. The number of hydrogen-bond acceptors (Lipinski definition) is 1. The molecule has 0 aliphatic carbocycles. The first-order chi connectivity index (χ1) is 9.74. The Balaban J connectivity index is 2.12. The molecule has 0 spiro atoms. The second kappa shape index (κ2) is 5.30. The molecular weight excluding hydrogens is 242 g/mol. The number of aromatic nitrogens is 1. The number of rotatable bonds is 2. The summed E-state index contributed by atoms with van der Waals surface area (Å²) in [7, 11) is 0. The third kappa shape index (κ3) is 2.48. The summed E-state index contributed by atoms with van der Waals surface area (Å²) < 4.78 is 0. The Morgan fingerprint density at radius 1 is 0.750 bits per heavy atom. The molecule has 0 amide bonds. The minimum absolute atomic E-state index is 1.03. The highest BCUT2D eigenvalue weighted by Crippen LogP contribution is 2.28. The summed E-state index contributed by atoms with van der Waals surface area (Å²) in [6, 6.07) is 21.2. The van der Waals surface area contributed by atoms with Gasteiger partial charge in [0.2, 0.25) is 0 Å². The van der Waals surface area contributed by atoms with Crippen molar-refractivity contribution in [2.24, 2.45) is 0 Å². The minimum Gasteiger partial charge on any atom is -0.256 e. The van der Waals surface area contributed by atoms with Gasteiger partial charge in [-0.3, -0.25) is 4.98 Å². The normalized spacial score (nSPS) is 10.5. The topological polar surface area (TPSA) is 12.9 Å². The third-order valence-electron chi connectivity index (χ3n) is 3.53. The lowest BCUT2D eigenvalue weighted by Crippen LogP contribution is -1.88. The molecule has 1 nitrogen and oxygen atoms in total. The molecule has 98 valence electrons. The van der Waals surface area contributed by atoms with Gasteiger partial charge in [0.1, 0.15) is 0 Å². The van der Waals surface area contributed by atoms with Gasteiger partial charge in [-0.15, -0.1) is 0 Å². The summed E-state index contributed by atoms with van der Waals surface area (Å²) in [6.07, 6.45) is 1.84. The summed E-state index contributed by atoms with van der Waals surface area (Å²) in [5, 5.41) is 0. The van der Waals surface area contributed by atoms with Gasteiger partial charge in [0, 0.05) is 11.8 Å². The van der Waals surface area contributed by atoms with Crippen molar-refractivity contribution in [2.75, 3.05) is 0 Å². The minimum atomic E-state index is 1.03. The summed E-state index contributed by atoms with van der Waals surface area (Å²) in [5.41, 5.74) is 7.24. The Kier molecular flexibility index (Phi) is 3.34. The molecule has 1 heteroatoms. The number of nitrogens with zero attached hydrogens (tertiary/aromatic N) is 1. The Labute approximate surface area is 119 Å². The monoisotopic (exact) mass is 259 g/mol. The van der Waals surface area contributed by atoms with Gasteiger partial charge in [-0.2, -0.15) is 0 Å². The lowest BCUT2D eigenvalue weighted by atomic mass is 9.97. The van der Waals surface area contributed by atoms with Crippen molar-refractivity contribution in [1.82, 2.24) is 4.98 Å². The van der Waals surface area contributed by atoms with Crippen LogP contribution in [0.4, 0.5) is 0 Å². The van der Waals surface area contributed by atoms with Crippen molar-refractivity contribution in [3.8, 4) is 22.4 Å². The molecule has 1 aromatic heterocycles. The molecule has 0 bridgehead atoms. The van der Waals surface area contributed by atoms with E-state index in [-0.39, 0.29) is 0 Å². The SMILES string of the molecule is Cc1cccc(-c2ccc(C)c(-c3ccccn3)c2)c1. The number of pyridine rings is 1. The first-order valence-electron chi connectivity index (χ1n) is 6.83. The highest BCUT2D eigenvalue weighted by molar-refractivity contribution is 5.73. The molecule has 1 heterocycles. The summed E-state index contributed by atoms with van der Waals surface area (Å²) in [4.78, 5) is 4.46. The van der Waals surface area contributed by atoms with E-state index < -0.39 is 0 Å². The fourth-order valence-electron chi connectivity index (χ4n) is 2.42. The van der Waals surface area contributed by atoms with E-state index in [1.807, 2.05) is 18.3 Å². The molecule has 0 atom stereocenters. The highest BCUT2D eigenvalue weighted by Gasteiger charge is 2.05.